The fourth-order valence-electron chi connectivity index (χ4n) is 2.58. The predicted molar refractivity (Wildman–Crippen MR) is 98.6 cm³/mol. The first-order valence-corrected chi connectivity index (χ1v) is 8.10. The van der Waals surface area contributed by atoms with Gasteiger partial charge in [-0.15, -0.1) is 0 Å². The minimum Gasteiger partial charge on any atom is -0.319 e. The number of nitro groups is 1. The topological polar surface area (TPSA) is 92.8 Å². The Morgan fingerprint density at radius 3 is 2.77 bits per heavy atom. The zero-order chi connectivity index (χ0) is 18.8. The van der Waals surface area contributed by atoms with Crippen LogP contribution in [-0.4, -0.2) is 39.2 Å². The summed E-state index contributed by atoms with van der Waals surface area (Å²) in [7, 11) is 3.80. The van der Waals surface area contributed by atoms with Crippen molar-refractivity contribution in [3.8, 4) is 0 Å². The number of carbonyl (C=O) groups is 1. The van der Waals surface area contributed by atoms with Gasteiger partial charge in [-0.05, 0) is 32.3 Å². The van der Waals surface area contributed by atoms with Gasteiger partial charge in [0.05, 0.1) is 21.3 Å². The first-order valence-electron chi connectivity index (χ1n) is 7.73. The van der Waals surface area contributed by atoms with Crippen molar-refractivity contribution in [2.45, 2.75) is 6.54 Å². The highest BCUT2D eigenvalue weighted by Gasteiger charge is 2.20. The number of aromatic nitrogens is 2. The summed E-state index contributed by atoms with van der Waals surface area (Å²) in [6.07, 6.45) is 1.84. The van der Waals surface area contributed by atoms with Crippen LogP contribution in [0.25, 0.3) is 5.65 Å². The van der Waals surface area contributed by atoms with Gasteiger partial charge in [-0.25, -0.2) is 4.98 Å². The van der Waals surface area contributed by atoms with E-state index in [4.69, 9.17) is 11.6 Å². The Bertz CT molecular complexity index is 999. The van der Waals surface area contributed by atoms with Crippen LogP contribution in [0.5, 0.6) is 0 Å². The van der Waals surface area contributed by atoms with Gasteiger partial charge >= 0.3 is 0 Å². The summed E-state index contributed by atoms with van der Waals surface area (Å²) in [5.74, 6) is -0.429. The van der Waals surface area contributed by atoms with E-state index in [9.17, 15) is 14.9 Å². The first-order chi connectivity index (χ1) is 12.4. The molecule has 0 unspecified atom stereocenters. The molecule has 26 heavy (non-hydrogen) atoms. The minimum absolute atomic E-state index is 0.0884. The Kier molecular flexibility index (Phi) is 4.88. The molecule has 0 saturated heterocycles. The molecular formula is C17H16ClN5O3. The van der Waals surface area contributed by atoms with Crippen molar-refractivity contribution in [1.29, 1.82) is 0 Å². The first kappa shape index (κ1) is 17.8. The van der Waals surface area contributed by atoms with E-state index < -0.39 is 10.8 Å². The molecule has 0 atom stereocenters. The monoisotopic (exact) mass is 373 g/mol. The van der Waals surface area contributed by atoms with Gasteiger partial charge in [0, 0.05) is 24.9 Å². The highest BCUT2D eigenvalue weighted by atomic mass is 35.5. The zero-order valence-electron chi connectivity index (χ0n) is 14.1. The lowest BCUT2D eigenvalue weighted by atomic mass is 10.2. The van der Waals surface area contributed by atoms with Crippen molar-refractivity contribution in [1.82, 2.24) is 14.3 Å². The molecule has 0 aliphatic heterocycles. The Hall–Kier alpha value is -2.97. The fourth-order valence-corrected chi connectivity index (χ4v) is 2.80. The summed E-state index contributed by atoms with van der Waals surface area (Å²) < 4.78 is 1.85. The molecule has 3 aromatic rings. The second-order valence-corrected chi connectivity index (χ2v) is 6.36. The van der Waals surface area contributed by atoms with Crippen molar-refractivity contribution >= 4 is 34.5 Å². The number of hydrogen-bond donors (Lipinski definition) is 1. The number of pyridine rings is 1. The number of carbonyl (C=O) groups excluding carboxylic acids is 1. The maximum absolute atomic E-state index is 12.8. The van der Waals surface area contributed by atoms with E-state index in [1.807, 2.05) is 47.8 Å². The van der Waals surface area contributed by atoms with E-state index in [1.54, 1.807) is 0 Å². The highest BCUT2D eigenvalue weighted by Crippen LogP contribution is 2.27. The van der Waals surface area contributed by atoms with E-state index in [2.05, 4.69) is 10.3 Å². The largest absolute Gasteiger partial charge is 0.319 e. The molecule has 0 radical (unpaired) electrons. The molecule has 0 bridgehead atoms. The van der Waals surface area contributed by atoms with Crippen LogP contribution < -0.4 is 5.32 Å². The van der Waals surface area contributed by atoms with Gasteiger partial charge in [-0.1, -0.05) is 17.7 Å². The molecule has 0 aliphatic carbocycles. The van der Waals surface area contributed by atoms with Crippen molar-refractivity contribution in [3.63, 3.8) is 0 Å². The van der Waals surface area contributed by atoms with E-state index in [0.717, 1.165) is 5.69 Å². The number of nitrogens with zero attached hydrogens (tertiary/aromatic N) is 4. The number of halogens is 1. The number of rotatable bonds is 5. The molecule has 1 amide bonds. The lowest BCUT2D eigenvalue weighted by Crippen LogP contribution is -2.19. The molecule has 0 spiro atoms. The highest BCUT2D eigenvalue weighted by molar-refractivity contribution is 6.34. The quantitative estimate of drug-likeness (QED) is 0.547. The van der Waals surface area contributed by atoms with Gasteiger partial charge in [0.25, 0.3) is 11.6 Å². The molecule has 8 nitrogen and oxygen atoms in total. The molecule has 2 aromatic heterocycles. The maximum atomic E-state index is 12.8. The van der Waals surface area contributed by atoms with Crippen LogP contribution in [0.4, 0.5) is 11.4 Å². The number of hydrogen-bond acceptors (Lipinski definition) is 5. The number of anilines is 1. The number of benzene rings is 1. The smallest absolute Gasteiger partial charge is 0.276 e. The standard InChI is InChI=1S/C17H16ClN5O3/c1-21(2)10-14-16(20-15-5-3-4-8-22(14)15)17(24)19-13-7-6-11(23(25)26)9-12(13)18/h3-9H,10H2,1-2H3,(H,19,24). The molecular weight excluding hydrogens is 358 g/mol. The second kappa shape index (κ2) is 7.11. The van der Waals surface area contributed by atoms with Crippen molar-refractivity contribution < 1.29 is 9.72 Å². The zero-order valence-corrected chi connectivity index (χ0v) is 14.9. The van der Waals surface area contributed by atoms with Crippen molar-refractivity contribution in [2.24, 2.45) is 0 Å². The number of imidazole rings is 1. The van der Waals surface area contributed by atoms with Crippen molar-refractivity contribution in [3.05, 3.63) is 69.1 Å². The third-order valence-electron chi connectivity index (χ3n) is 3.72. The number of amides is 1. The summed E-state index contributed by atoms with van der Waals surface area (Å²) in [5.41, 5.74) is 1.81. The SMILES string of the molecule is CN(C)Cc1c(C(=O)Nc2ccc([N+](=O)[O-])cc2Cl)nc2ccccn12. The van der Waals surface area contributed by atoms with Crippen LogP contribution in [0.15, 0.2) is 42.6 Å². The maximum Gasteiger partial charge on any atom is 0.276 e. The average molecular weight is 374 g/mol. The lowest BCUT2D eigenvalue weighted by molar-refractivity contribution is -0.384. The summed E-state index contributed by atoms with van der Waals surface area (Å²) in [4.78, 5) is 29.4. The van der Waals surface area contributed by atoms with Gasteiger partial charge in [0.2, 0.25) is 0 Å². The number of nitro benzene ring substituents is 1. The van der Waals surface area contributed by atoms with Crippen molar-refractivity contribution in [2.75, 3.05) is 19.4 Å². The third-order valence-corrected chi connectivity index (χ3v) is 4.03. The molecule has 0 fully saturated rings. The predicted octanol–water partition coefficient (Wildman–Crippen LogP) is 3.21. The number of fused-ring (bicyclic) bond motifs is 1. The third kappa shape index (κ3) is 3.51. The molecule has 0 saturated carbocycles. The molecule has 1 aromatic carbocycles. The van der Waals surface area contributed by atoms with Gasteiger partial charge in [0.1, 0.15) is 5.65 Å². The van der Waals surface area contributed by atoms with Gasteiger partial charge < -0.3 is 14.6 Å². The van der Waals surface area contributed by atoms with Crippen LogP contribution >= 0.6 is 11.6 Å². The Morgan fingerprint density at radius 1 is 1.35 bits per heavy atom. The summed E-state index contributed by atoms with van der Waals surface area (Å²) in [6, 6.07) is 9.40. The van der Waals surface area contributed by atoms with Crippen LogP contribution in [-0.2, 0) is 6.54 Å². The number of non-ortho nitro benzene ring substituents is 1. The summed E-state index contributed by atoms with van der Waals surface area (Å²) in [5, 5.41) is 13.6. The second-order valence-electron chi connectivity index (χ2n) is 5.95. The average Bonchev–Trinajstić information content (AvgIpc) is 2.94. The Labute approximate surface area is 154 Å². The molecule has 0 aliphatic rings. The minimum atomic E-state index is -0.547. The summed E-state index contributed by atoms with van der Waals surface area (Å²) in [6.45, 7) is 0.516. The van der Waals surface area contributed by atoms with Crippen LogP contribution in [0.2, 0.25) is 5.02 Å². The molecule has 9 heteroatoms. The van der Waals surface area contributed by atoms with Crippen LogP contribution in [0.1, 0.15) is 16.2 Å². The molecule has 1 N–H and O–H groups in total. The summed E-state index contributed by atoms with van der Waals surface area (Å²) >= 11 is 6.05. The molecule has 2 heterocycles. The van der Waals surface area contributed by atoms with Crippen LogP contribution in [0, 0.1) is 10.1 Å². The lowest BCUT2D eigenvalue weighted by Gasteiger charge is -2.11. The van der Waals surface area contributed by atoms with E-state index >= 15 is 0 Å². The Morgan fingerprint density at radius 2 is 2.12 bits per heavy atom. The van der Waals surface area contributed by atoms with Gasteiger partial charge in [0.15, 0.2) is 5.69 Å². The number of nitrogens with one attached hydrogen (secondary N) is 1. The fraction of sp³-hybridized carbons (Fsp3) is 0.176. The van der Waals surface area contributed by atoms with E-state index in [1.165, 1.54) is 18.2 Å². The molecule has 134 valence electrons. The van der Waals surface area contributed by atoms with E-state index in [0.29, 0.717) is 12.2 Å². The van der Waals surface area contributed by atoms with E-state index in [-0.39, 0.29) is 22.1 Å². The van der Waals surface area contributed by atoms with Gasteiger partial charge in [-0.2, -0.15) is 0 Å². The Balaban J connectivity index is 1.96. The van der Waals surface area contributed by atoms with Crippen LogP contribution in [0.3, 0.4) is 0 Å². The normalized spacial score (nSPS) is 11.1. The van der Waals surface area contributed by atoms with Gasteiger partial charge in [-0.3, -0.25) is 14.9 Å². The molecule has 3 rings (SSSR count).